The molecule has 2 aromatic carbocycles. The molecule has 0 saturated heterocycles. The Morgan fingerprint density at radius 1 is 1.16 bits per heavy atom. The fraction of sp³-hybridized carbons (Fsp3) is 0.350. The van der Waals surface area contributed by atoms with Crippen molar-refractivity contribution in [2.45, 2.75) is 39.9 Å². The molecule has 2 aromatic rings. The van der Waals surface area contributed by atoms with E-state index in [4.69, 9.17) is 23.8 Å². The van der Waals surface area contributed by atoms with Crippen LogP contribution in [0.25, 0.3) is 0 Å². The van der Waals surface area contributed by atoms with Crippen LogP contribution in [-0.4, -0.2) is 23.1 Å². The summed E-state index contributed by atoms with van der Waals surface area (Å²) in [6, 6.07) is 14.8. The van der Waals surface area contributed by atoms with E-state index >= 15 is 0 Å². The number of hydrogen-bond donors (Lipinski definition) is 2. The zero-order valence-corrected chi connectivity index (χ0v) is 16.8. The van der Waals surface area contributed by atoms with Gasteiger partial charge in [-0.15, -0.1) is 0 Å². The first-order valence-electron chi connectivity index (χ1n) is 8.45. The molecule has 0 saturated carbocycles. The molecule has 0 aliphatic carbocycles. The van der Waals surface area contributed by atoms with Gasteiger partial charge >= 0.3 is 0 Å². The lowest BCUT2D eigenvalue weighted by Crippen LogP contribution is -2.29. The van der Waals surface area contributed by atoms with Gasteiger partial charge in [0.1, 0.15) is 0 Å². The third kappa shape index (κ3) is 5.99. The van der Waals surface area contributed by atoms with Crippen LogP contribution in [-0.2, 0) is 13.1 Å². The number of thiocarbonyl (C=S) groups is 1. The normalized spacial score (nSPS) is 11.0. The molecular formula is C20H26ClN3S. The average molecular weight is 376 g/mol. The highest BCUT2D eigenvalue weighted by molar-refractivity contribution is 7.80. The van der Waals surface area contributed by atoms with Crippen molar-refractivity contribution in [3.63, 3.8) is 0 Å². The second-order valence-corrected chi connectivity index (χ2v) is 7.36. The van der Waals surface area contributed by atoms with Crippen molar-refractivity contribution in [3.05, 3.63) is 64.2 Å². The number of hydrogen-bond acceptors (Lipinski definition) is 2. The first-order valence-corrected chi connectivity index (χ1v) is 9.23. The molecule has 0 fully saturated rings. The first kappa shape index (κ1) is 19.7. The summed E-state index contributed by atoms with van der Waals surface area (Å²) < 4.78 is 0. The van der Waals surface area contributed by atoms with Crippen LogP contribution in [0.15, 0.2) is 42.5 Å². The number of halogens is 1. The van der Waals surface area contributed by atoms with E-state index < -0.39 is 0 Å². The summed E-state index contributed by atoms with van der Waals surface area (Å²) in [6.07, 6.45) is 0. The molecule has 0 aromatic heterocycles. The van der Waals surface area contributed by atoms with Crippen LogP contribution < -0.4 is 10.6 Å². The SMILES string of the molecule is Cc1ccc(NC(=S)NCc2ccccc2CN(C)C(C)C)cc1Cl. The molecule has 0 heterocycles. The summed E-state index contributed by atoms with van der Waals surface area (Å²) in [5.41, 5.74) is 4.50. The molecule has 25 heavy (non-hydrogen) atoms. The van der Waals surface area contributed by atoms with Gasteiger partial charge in [0.25, 0.3) is 0 Å². The quantitative estimate of drug-likeness (QED) is 0.696. The zero-order valence-electron chi connectivity index (χ0n) is 15.3. The minimum absolute atomic E-state index is 0.509. The molecular weight excluding hydrogens is 350 g/mol. The van der Waals surface area contributed by atoms with Gasteiger partial charge in [0.05, 0.1) is 0 Å². The zero-order chi connectivity index (χ0) is 18.4. The molecule has 5 heteroatoms. The molecule has 0 atom stereocenters. The fourth-order valence-electron chi connectivity index (χ4n) is 2.36. The molecule has 0 aliphatic heterocycles. The molecule has 2 rings (SSSR count). The molecule has 2 N–H and O–H groups in total. The maximum absolute atomic E-state index is 6.16. The van der Waals surface area contributed by atoms with Crippen molar-refractivity contribution in [1.29, 1.82) is 0 Å². The molecule has 3 nitrogen and oxygen atoms in total. The molecule has 134 valence electrons. The van der Waals surface area contributed by atoms with Crippen LogP contribution in [0, 0.1) is 6.92 Å². The van der Waals surface area contributed by atoms with Crippen LogP contribution in [0.3, 0.4) is 0 Å². The van der Waals surface area contributed by atoms with Crippen molar-refractivity contribution >= 4 is 34.6 Å². The monoisotopic (exact) mass is 375 g/mol. The predicted octanol–water partition coefficient (Wildman–Crippen LogP) is 4.98. The lowest BCUT2D eigenvalue weighted by Gasteiger charge is -2.23. The summed E-state index contributed by atoms with van der Waals surface area (Å²) in [5.74, 6) is 0. The van der Waals surface area contributed by atoms with Gasteiger partial charge in [-0.1, -0.05) is 41.9 Å². The van der Waals surface area contributed by atoms with Crippen LogP contribution in [0.1, 0.15) is 30.5 Å². The van der Waals surface area contributed by atoms with Gasteiger partial charge in [-0.05, 0) is 68.9 Å². The molecule has 0 radical (unpaired) electrons. The summed E-state index contributed by atoms with van der Waals surface area (Å²) >= 11 is 11.6. The Balaban J connectivity index is 1.96. The first-order chi connectivity index (χ1) is 11.9. The van der Waals surface area contributed by atoms with Crippen LogP contribution in [0.4, 0.5) is 5.69 Å². The Bertz CT molecular complexity index is 731. The third-order valence-electron chi connectivity index (χ3n) is 4.29. The molecule has 0 amide bonds. The summed E-state index contributed by atoms with van der Waals surface area (Å²) in [4.78, 5) is 2.32. The van der Waals surface area contributed by atoms with Crippen LogP contribution in [0.2, 0.25) is 5.02 Å². The largest absolute Gasteiger partial charge is 0.358 e. The highest BCUT2D eigenvalue weighted by Gasteiger charge is 2.08. The lowest BCUT2D eigenvalue weighted by molar-refractivity contribution is 0.265. The van der Waals surface area contributed by atoms with Crippen LogP contribution in [0.5, 0.6) is 0 Å². The molecule has 0 aliphatic rings. The molecule has 0 bridgehead atoms. The standard InChI is InChI=1S/C20H26ClN3S/c1-14(2)24(4)13-17-8-6-5-7-16(17)12-22-20(25)23-18-10-9-15(3)19(21)11-18/h5-11,14H,12-13H2,1-4H3,(H2,22,23,25). The van der Waals surface area contributed by atoms with Crippen molar-refractivity contribution < 1.29 is 0 Å². The number of nitrogens with zero attached hydrogens (tertiary/aromatic N) is 1. The van der Waals surface area contributed by atoms with Gasteiger partial charge in [0.15, 0.2) is 5.11 Å². The minimum atomic E-state index is 0.509. The summed E-state index contributed by atoms with van der Waals surface area (Å²) in [7, 11) is 2.14. The fourth-order valence-corrected chi connectivity index (χ4v) is 2.73. The van der Waals surface area contributed by atoms with E-state index in [0.29, 0.717) is 17.7 Å². The Morgan fingerprint density at radius 2 is 1.84 bits per heavy atom. The van der Waals surface area contributed by atoms with E-state index in [9.17, 15) is 0 Å². The maximum atomic E-state index is 6.16. The number of aryl methyl sites for hydroxylation is 1. The highest BCUT2D eigenvalue weighted by Crippen LogP contribution is 2.20. The minimum Gasteiger partial charge on any atom is -0.358 e. The van der Waals surface area contributed by atoms with Gasteiger partial charge in [0, 0.05) is 29.8 Å². The van der Waals surface area contributed by atoms with Gasteiger partial charge in [-0.2, -0.15) is 0 Å². The second-order valence-electron chi connectivity index (χ2n) is 6.55. The Morgan fingerprint density at radius 3 is 2.48 bits per heavy atom. The maximum Gasteiger partial charge on any atom is 0.171 e. The van der Waals surface area contributed by atoms with E-state index in [2.05, 4.69) is 60.7 Å². The lowest BCUT2D eigenvalue weighted by atomic mass is 10.1. The summed E-state index contributed by atoms with van der Waals surface area (Å²) in [6.45, 7) is 7.99. The number of rotatable bonds is 6. The molecule has 0 unspecified atom stereocenters. The Labute approximate surface area is 161 Å². The topological polar surface area (TPSA) is 27.3 Å². The predicted molar refractivity (Wildman–Crippen MR) is 112 cm³/mol. The third-order valence-corrected chi connectivity index (χ3v) is 4.94. The number of anilines is 1. The Hall–Kier alpha value is -1.62. The second kappa shape index (κ2) is 9.18. The summed E-state index contributed by atoms with van der Waals surface area (Å²) in [5, 5.41) is 7.79. The van der Waals surface area contributed by atoms with Gasteiger partial charge in [-0.25, -0.2) is 0 Å². The average Bonchev–Trinajstić information content (AvgIpc) is 2.57. The van der Waals surface area contributed by atoms with Crippen molar-refractivity contribution in [1.82, 2.24) is 10.2 Å². The van der Waals surface area contributed by atoms with Crippen molar-refractivity contribution in [2.24, 2.45) is 0 Å². The van der Waals surface area contributed by atoms with E-state index in [0.717, 1.165) is 22.8 Å². The van der Waals surface area contributed by atoms with E-state index in [1.807, 2.05) is 25.1 Å². The van der Waals surface area contributed by atoms with Crippen LogP contribution >= 0.6 is 23.8 Å². The number of nitrogens with one attached hydrogen (secondary N) is 2. The van der Waals surface area contributed by atoms with Crippen molar-refractivity contribution in [3.8, 4) is 0 Å². The van der Waals surface area contributed by atoms with Gasteiger partial charge < -0.3 is 10.6 Å². The van der Waals surface area contributed by atoms with E-state index in [1.54, 1.807) is 0 Å². The van der Waals surface area contributed by atoms with Gasteiger partial charge in [0.2, 0.25) is 0 Å². The highest BCUT2D eigenvalue weighted by atomic mass is 35.5. The number of benzene rings is 2. The van der Waals surface area contributed by atoms with E-state index in [1.165, 1.54) is 11.1 Å². The van der Waals surface area contributed by atoms with Gasteiger partial charge in [-0.3, -0.25) is 4.90 Å². The molecule has 0 spiro atoms. The van der Waals surface area contributed by atoms with Crippen molar-refractivity contribution in [2.75, 3.05) is 12.4 Å². The Kier molecular flexibility index (Phi) is 7.24. The van der Waals surface area contributed by atoms with E-state index in [-0.39, 0.29) is 0 Å². The smallest absolute Gasteiger partial charge is 0.171 e.